The van der Waals surface area contributed by atoms with Crippen molar-refractivity contribution in [2.75, 3.05) is 26.2 Å². The molecule has 1 aromatic rings. The van der Waals surface area contributed by atoms with Crippen molar-refractivity contribution in [3.63, 3.8) is 0 Å². The maximum Gasteiger partial charge on any atom is 0.142 e. The van der Waals surface area contributed by atoms with Gasteiger partial charge in [0.2, 0.25) is 0 Å². The maximum atomic E-state index is 6.19. The average Bonchev–Trinajstić information content (AvgIpc) is 2.81. The summed E-state index contributed by atoms with van der Waals surface area (Å²) in [6.07, 6.45) is 1.20. The minimum Gasteiger partial charge on any atom is -0.492 e. The van der Waals surface area contributed by atoms with E-state index in [1.807, 2.05) is 19.1 Å². The van der Waals surface area contributed by atoms with E-state index in [4.69, 9.17) is 22.1 Å². The Morgan fingerprint density at radius 3 is 3.00 bits per heavy atom. The second kappa shape index (κ2) is 6.41. The number of benzene rings is 1. The Kier molecular flexibility index (Phi) is 4.87. The number of hydrogen-bond donors (Lipinski definition) is 1. The number of ether oxygens (including phenoxy) is 1. The van der Waals surface area contributed by atoms with Gasteiger partial charge < -0.3 is 10.5 Å². The summed E-state index contributed by atoms with van der Waals surface area (Å²) in [5.74, 6) is 1.47. The Morgan fingerprint density at radius 1 is 1.50 bits per heavy atom. The van der Waals surface area contributed by atoms with E-state index in [0.717, 1.165) is 31.9 Å². The Hall–Kier alpha value is -0.770. The van der Waals surface area contributed by atoms with Gasteiger partial charge in [0.15, 0.2) is 0 Å². The molecule has 18 heavy (non-hydrogen) atoms. The van der Waals surface area contributed by atoms with Crippen LogP contribution >= 0.6 is 11.6 Å². The average molecular weight is 269 g/mol. The van der Waals surface area contributed by atoms with E-state index in [9.17, 15) is 0 Å². The molecule has 0 spiro atoms. The van der Waals surface area contributed by atoms with Gasteiger partial charge in [0.05, 0.1) is 11.6 Å². The molecular weight excluding hydrogens is 248 g/mol. The Bertz CT molecular complexity index is 397. The smallest absolute Gasteiger partial charge is 0.142 e. The molecule has 1 fully saturated rings. The van der Waals surface area contributed by atoms with Crippen LogP contribution in [-0.2, 0) is 6.54 Å². The summed E-state index contributed by atoms with van der Waals surface area (Å²) in [6.45, 7) is 6.49. The fourth-order valence-corrected chi connectivity index (χ4v) is 2.72. The fourth-order valence-electron chi connectivity index (χ4n) is 2.47. The summed E-state index contributed by atoms with van der Waals surface area (Å²) in [4.78, 5) is 2.42. The molecule has 2 N–H and O–H groups in total. The lowest BCUT2D eigenvalue weighted by Crippen LogP contribution is -2.23. The Labute approximate surface area is 114 Å². The lowest BCUT2D eigenvalue weighted by molar-refractivity contribution is 0.297. The van der Waals surface area contributed by atoms with Crippen molar-refractivity contribution in [2.45, 2.75) is 19.9 Å². The molecule has 0 radical (unpaired) electrons. The van der Waals surface area contributed by atoms with E-state index < -0.39 is 0 Å². The summed E-state index contributed by atoms with van der Waals surface area (Å²) in [7, 11) is 0. The standard InChI is InChI=1S/C14H21ClN2O/c1-2-18-14-12(4-3-5-13(14)15)10-17-7-6-11(8-16)9-17/h3-5,11H,2,6-10,16H2,1H3. The molecule has 100 valence electrons. The fraction of sp³-hybridized carbons (Fsp3) is 0.571. The summed E-state index contributed by atoms with van der Waals surface area (Å²) >= 11 is 6.19. The number of para-hydroxylation sites is 1. The first-order valence-electron chi connectivity index (χ1n) is 6.57. The highest BCUT2D eigenvalue weighted by atomic mass is 35.5. The highest BCUT2D eigenvalue weighted by molar-refractivity contribution is 6.32. The highest BCUT2D eigenvalue weighted by Crippen LogP contribution is 2.30. The van der Waals surface area contributed by atoms with Gasteiger partial charge in [-0.15, -0.1) is 0 Å². The van der Waals surface area contributed by atoms with E-state index >= 15 is 0 Å². The molecule has 1 aromatic carbocycles. The van der Waals surface area contributed by atoms with Crippen LogP contribution < -0.4 is 10.5 Å². The maximum absolute atomic E-state index is 6.19. The number of halogens is 1. The monoisotopic (exact) mass is 268 g/mol. The lowest BCUT2D eigenvalue weighted by atomic mass is 10.1. The second-order valence-corrected chi connectivity index (χ2v) is 5.19. The van der Waals surface area contributed by atoms with Crippen molar-refractivity contribution < 1.29 is 4.74 Å². The normalized spacial score (nSPS) is 20.3. The van der Waals surface area contributed by atoms with Gasteiger partial charge in [0, 0.05) is 18.7 Å². The molecule has 1 atom stereocenters. The van der Waals surface area contributed by atoms with E-state index in [1.54, 1.807) is 0 Å². The molecule has 3 nitrogen and oxygen atoms in total. The predicted molar refractivity (Wildman–Crippen MR) is 75.1 cm³/mol. The van der Waals surface area contributed by atoms with Crippen LogP contribution in [0, 0.1) is 5.92 Å². The number of likely N-dealkylation sites (tertiary alicyclic amines) is 1. The number of nitrogens with two attached hydrogens (primary N) is 1. The number of nitrogens with zero attached hydrogens (tertiary/aromatic N) is 1. The lowest BCUT2D eigenvalue weighted by Gasteiger charge is -2.18. The van der Waals surface area contributed by atoms with E-state index in [2.05, 4.69) is 11.0 Å². The molecule has 0 saturated carbocycles. The van der Waals surface area contributed by atoms with Gasteiger partial charge in [-0.25, -0.2) is 0 Å². The van der Waals surface area contributed by atoms with Crippen LogP contribution in [0.15, 0.2) is 18.2 Å². The first-order chi connectivity index (χ1) is 8.74. The summed E-state index contributed by atoms with van der Waals surface area (Å²) in [5.41, 5.74) is 6.89. The first kappa shape index (κ1) is 13.7. The van der Waals surface area contributed by atoms with Crippen molar-refractivity contribution in [3.8, 4) is 5.75 Å². The zero-order chi connectivity index (χ0) is 13.0. The number of hydrogen-bond acceptors (Lipinski definition) is 3. The van der Waals surface area contributed by atoms with Gasteiger partial charge in [-0.2, -0.15) is 0 Å². The largest absolute Gasteiger partial charge is 0.492 e. The zero-order valence-corrected chi connectivity index (χ0v) is 11.6. The third kappa shape index (κ3) is 3.16. The molecule has 1 aliphatic rings. The van der Waals surface area contributed by atoms with Crippen LogP contribution in [0.4, 0.5) is 0 Å². The van der Waals surface area contributed by atoms with Crippen molar-refractivity contribution in [2.24, 2.45) is 11.7 Å². The molecule has 1 heterocycles. The van der Waals surface area contributed by atoms with Gasteiger partial charge in [-0.1, -0.05) is 23.7 Å². The molecule has 0 bridgehead atoms. The molecule has 2 rings (SSSR count). The Balaban J connectivity index is 2.07. The van der Waals surface area contributed by atoms with E-state index in [1.165, 1.54) is 12.0 Å². The molecule has 1 unspecified atom stereocenters. The minimum absolute atomic E-state index is 0.639. The predicted octanol–water partition coefficient (Wildman–Crippen LogP) is 2.52. The van der Waals surface area contributed by atoms with E-state index in [-0.39, 0.29) is 0 Å². The third-order valence-electron chi connectivity index (χ3n) is 3.43. The molecule has 1 aliphatic heterocycles. The molecule has 1 saturated heterocycles. The molecule has 4 heteroatoms. The second-order valence-electron chi connectivity index (χ2n) is 4.79. The number of rotatable bonds is 5. The van der Waals surface area contributed by atoms with Crippen molar-refractivity contribution in [1.29, 1.82) is 0 Å². The van der Waals surface area contributed by atoms with E-state index in [0.29, 0.717) is 17.5 Å². The van der Waals surface area contributed by atoms with Crippen LogP contribution in [0.3, 0.4) is 0 Å². The van der Waals surface area contributed by atoms with Crippen LogP contribution in [-0.4, -0.2) is 31.1 Å². The zero-order valence-electron chi connectivity index (χ0n) is 10.9. The molecular formula is C14H21ClN2O. The quantitative estimate of drug-likeness (QED) is 0.892. The van der Waals surface area contributed by atoms with Gasteiger partial charge in [-0.05, 0) is 38.4 Å². The van der Waals surface area contributed by atoms with Crippen LogP contribution in [0.1, 0.15) is 18.9 Å². The van der Waals surface area contributed by atoms with Crippen molar-refractivity contribution in [1.82, 2.24) is 4.90 Å². The third-order valence-corrected chi connectivity index (χ3v) is 3.73. The van der Waals surface area contributed by atoms with Crippen LogP contribution in [0.25, 0.3) is 0 Å². The van der Waals surface area contributed by atoms with Gasteiger partial charge in [0.1, 0.15) is 5.75 Å². The van der Waals surface area contributed by atoms with Gasteiger partial charge in [0.25, 0.3) is 0 Å². The minimum atomic E-state index is 0.639. The van der Waals surface area contributed by atoms with Gasteiger partial charge >= 0.3 is 0 Å². The van der Waals surface area contributed by atoms with Crippen LogP contribution in [0.2, 0.25) is 5.02 Å². The molecule has 0 aromatic heterocycles. The SMILES string of the molecule is CCOc1c(Cl)cccc1CN1CCC(CN)C1. The first-order valence-corrected chi connectivity index (χ1v) is 6.95. The molecule has 0 amide bonds. The van der Waals surface area contributed by atoms with Crippen LogP contribution in [0.5, 0.6) is 5.75 Å². The van der Waals surface area contributed by atoms with Gasteiger partial charge in [-0.3, -0.25) is 4.90 Å². The summed E-state index contributed by atoms with van der Waals surface area (Å²) in [5, 5.41) is 0.698. The Morgan fingerprint density at radius 2 is 2.33 bits per heavy atom. The summed E-state index contributed by atoms with van der Waals surface area (Å²) in [6, 6.07) is 5.95. The topological polar surface area (TPSA) is 38.5 Å². The highest BCUT2D eigenvalue weighted by Gasteiger charge is 2.22. The van der Waals surface area contributed by atoms with Crippen molar-refractivity contribution in [3.05, 3.63) is 28.8 Å². The summed E-state index contributed by atoms with van der Waals surface area (Å²) < 4.78 is 5.65. The molecule has 0 aliphatic carbocycles. The van der Waals surface area contributed by atoms with Crippen molar-refractivity contribution >= 4 is 11.6 Å².